The van der Waals surface area contributed by atoms with Crippen LogP contribution in [-0.4, -0.2) is 35.4 Å². The molecule has 0 saturated carbocycles. The van der Waals surface area contributed by atoms with Crippen LogP contribution in [0.2, 0.25) is 0 Å². The molecule has 0 fully saturated rings. The fraction of sp³-hybridized carbons (Fsp3) is 0.375. The zero-order valence-corrected chi connectivity index (χ0v) is 18.8. The lowest BCUT2D eigenvalue weighted by Crippen LogP contribution is -2.14. The predicted molar refractivity (Wildman–Crippen MR) is 122 cm³/mol. The van der Waals surface area contributed by atoms with Gasteiger partial charge in [0.15, 0.2) is 5.82 Å². The van der Waals surface area contributed by atoms with E-state index in [1.165, 1.54) is 5.56 Å². The first-order valence-electron chi connectivity index (χ1n) is 10.7. The summed E-state index contributed by atoms with van der Waals surface area (Å²) in [6.45, 7) is 11.6. The molecule has 0 aliphatic rings. The molecule has 160 valence electrons. The van der Waals surface area contributed by atoms with E-state index in [1.54, 1.807) is 0 Å². The van der Waals surface area contributed by atoms with Crippen molar-refractivity contribution in [2.24, 2.45) is 0 Å². The van der Waals surface area contributed by atoms with Crippen molar-refractivity contribution in [2.75, 3.05) is 0 Å². The fourth-order valence-corrected chi connectivity index (χ4v) is 3.50. The molecule has 31 heavy (non-hydrogen) atoms. The van der Waals surface area contributed by atoms with Crippen LogP contribution in [0.3, 0.4) is 0 Å². The highest BCUT2D eigenvalue weighted by atomic mass is 15.5. The molecular weight excluding hydrogens is 386 g/mol. The van der Waals surface area contributed by atoms with Crippen molar-refractivity contribution in [2.45, 2.75) is 58.9 Å². The summed E-state index contributed by atoms with van der Waals surface area (Å²) in [5.74, 6) is 2.91. The SMILES string of the molecule is CCC(C)c1nc(C(C)(C)C)nn1Cc1ccc(-c2ccccc2-c2nn[nH]n2)cc1. The third-order valence-electron chi connectivity index (χ3n) is 5.53. The molecule has 2 aromatic heterocycles. The van der Waals surface area contributed by atoms with E-state index in [1.807, 2.05) is 18.2 Å². The number of nitrogens with zero attached hydrogens (tertiary/aromatic N) is 6. The molecule has 0 amide bonds. The average molecular weight is 416 g/mol. The standard InChI is InChI=1S/C24H29N7/c1-6-16(2)22-25-23(24(3,4)5)28-31(22)15-17-11-13-18(14-12-17)19-9-7-8-10-20(19)21-26-29-30-27-21/h7-14,16H,6,15H2,1-5H3,(H,26,27,29,30). The molecule has 4 aromatic rings. The molecule has 2 aromatic carbocycles. The Morgan fingerprint density at radius 1 is 1.00 bits per heavy atom. The van der Waals surface area contributed by atoms with Crippen molar-refractivity contribution in [3.63, 3.8) is 0 Å². The number of aromatic nitrogens is 7. The van der Waals surface area contributed by atoms with Gasteiger partial charge in [-0.3, -0.25) is 0 Å². The second-order valence-electron chi connectivity index (χ2n) is 8.99. The highest BCUT2D eigenvalue weighted by Crippen LogP contribution is 2.30. The lowest BCUT2D eigenvalue weighted by atomic mass is 9.96. The number of aromatic amines is 1. The highest BCUT2D eigenvalue weighted by molar-refractivity contribution is 5.80. The number of tetrazole rings is 1. The monoisotopic (exact) mass is 415 g/mol. The van der Waals surface area contributed by atoms with E-state index in [2.05, 4.69) is 90.3 Å². The van der Waals surface area contributed by atoms with E-state index in [4.69, 9.17) is 10.1 Å². The van der Waals surface area contributed by atoms with Crippen LogP contribution in [0.5, 0.6) is 0 Å². The van der Waals surface area contributed by atoms with E-state index >= 15 is 0 Å². The van der Waals surface area contributed by atoms with Gasteiger partial charge in [0.05, 0.1) is 6.54 Å². The zero-order chi connectivity index (χ0) is 22.0. The summed E-state index contributed by atoms with van der Waals surface area (Å²) in [6.07, 6.45) is 1.04. The molecule has 7 nitrogen and oxygen atoms in total. The Hall–Kier alpha value is -3.35. The van der Waals surface area contributed by atoms with Gasteiger partial charge in [-0.1, -0.05) is 83.1 Å². The van der Waals surface area contributed by atoms with E-state index in [-0.39, 0.29) is 5.41 Å². The molecule has 1 N–H and O–H groups in total. The second kappa shape index (κ2) is 8.41. The summed E-state index contributed by atoms with van der Waals surface area (Å²) in [7, 11) is 0. The summed E-state index contributed by atoms with van der Waals surface area (Å²) in [5, 5.41) is 19.3. The quantitative estimate of drug-likeness (QED) is 0.480. The maximum atomic E-state index is 4.88. The molecule has 4 rings (SSSR count). The molecular formula is C24H29N7. The molecule has 0 aliphatic carbocycles. The number of H-pyrrole nitrogens is 1. The molecule has 1 unspecified atom stereocenters. The van der Waals surface area contributed by atoms with Crippen molar-refractivity contribution in [3.05, 3.63) is 65.7 Å². The summed E-state index contributed by atoms with van der Waals surface area (Å²) < 4.78 is 2.07. The van der Waals surface area contributed by atoms with Gasteiger partial charge in [-0.05, 0) is 28.3 Å². The second-order valence-corrected chi connectivity index (χ2v) is 8.99. The van der Waals surface area contributed by atoms with Crippen LogP contribution in [-0.2, 0) is 12.0 Å². The molecule has 0 spiro atoms. The van der Waals surface area contributed by atoms with Crippen molar-refractivity contribution in [1.82, 2.24) is 35.4 Å². The Morgan fingerprint density at radius 2 is 1.71 bits per heavy atom. The number of nitrogens with one attached hydrogen (secondary N) is 1. The van der Waals surface area contributed by atoms with Crippen LogP contribution in [0, 0.1) is 0 Å². The minimum absolute atomic E-state index is 0.0732. The minimum Gasteiger partial charge on any atom is -0.245 e. The summed E-state index contributed by atoms with van der Waals surface area (Å²) in [4.78, 5) is 4.88. The minimum atomic E-state index is -0.0732. The van der Waals surface area contributed by atoms with Crippen molar-refractivity contribution >= 4 is 0 Å². The van der Waals surface area contributed by atoms with Crippen molar-refractivity contribution < 1.29 is 0 Å². The third kappa shape index (κ3) is 4.40. The highest BCUT2D eigenvalue weighted by Gasteiger charge is 2.23. The first-order chi connectivity index (χ1) is 14.9. The van der Waals surface area contributed by atoms with Crippen LogP contribution in [0.4, 0.5) is 0 Å². The van der Waals surface area contributed by atoms with Gasteiger partial charge in [0.1, 0.15) is 5.82 Å². The van der Waals surface area contributed by atoms with Crippen molar-refractivity contribution in [3.8, 4) is 22.5 Å². The topological polar surface area (TPSA) is 85.2 Å². The lowest BCUT2D eigenvalue weighted by Gasteiger charge is -2.12. The Morgan fingerprint density at radius 3 is 2.32 bits per heavy atom. The molecule has 7 heteroatoms. The molecule has 0 aliphatic heterocycles. The van der Waals surface area contributed by atoms with E-state index in [0.717, 1.165) is 34.8 Å². The number of hydrogen-bond donors (Lipinski definition) is 1. The smallest absolute Gasteiger partial charge is 0.205 e. The third-order valence-corrected chi connectivity index (χ3v) is 5.53. The van der Waals surface area contributed by atoms with E-state index in [0.29, 0.717) is 18.3 Å². The Labute approximate surface area is 182 Å². The average Bonchev–Trinajstić information content (AvgIpc) is 3.44. The molecule has 2 heterocycles. The molecule has 0 saturated heterocycles. The normalized spacial score (nSPS) is 12.8. The largest absolute Gasteiger partial charge is 0.245 e. The van der Waals surface area contributed by atoms with Gasteiger partial charge in [-0.2, -0.15) is 10.3 Å². The predicted octanol–water partition coefficient (Wildman–Crippen LogP) is 4.98. The van der Waals surface area contributed by atoms with E-state index < -0.39 is 0 Å². The van der Waals surface area contributed by atoms with Gasteiger partial charge in [-0.15, -0.1) is 10.2 Å². The zero-order valence-electron chi connectivity index (χ0n) is 18.8. The lowest BCUT2D eigenvalue weighted by molar-refractivity contribution is 0.530. The van der Waals surface area contributed by atoms with Crippen LogP contribution in [0.15, 0.2) is 48.5 Å². The number of hydrogen-bond acceptors (Lipinski definition) is 5. The van der Waals surface area contributed by atoms with Crippen molar-refractivity contribution in [1.29, 1.82) is 0 Å². The molecule has 0 radical (unpaired) electrons. The Bertz CT molecular complexity index is 1140. The fourth-order valence-electron chi connectivity index (χ4n) is 3.50. The number of benzene rings is 2. The van der Waals surface area contributed by atoms with E-state index in [9.17, 15) is 0 Å². The first kappa shape index (κ1) is 20.9. The van der Waals surface area contributed by atoms with Crippen LogP contribution in [0.1, 0.15) is 64.2 Å². The summed E-state index contributed by atoms with van der Waals surface area (Å²) in [5.41, 5.74) is 4.26. The van der Waals surface area contributed by atoms with Gasteiger partial charge < -0.3 is 0 Å². The summed E-state index contributed by atoms with van der Waals surface area (Å²) >= 11 is 0. The molecule has 1 atom stereocenters. The Balaban J connectivity index is 1.63. The maximum Gasteiger partial charge on any atom is 0.205 e. The van der Waals surface area contributed by atoms with Gasteiger partial charge in [0.2, 0.25) is 5.82 Å². The maximum absolute atomic E-state index is 4.88. The number of rotatable bonds is 6. The van der Waals surface area contributed by atoms with Crippen LogP contribution >= 0.6 is 0 Å². The van der Waals surface area contributed by atoms with Crippen LogP contribution in [0.25, 0.3) is 22.5 Å². The van der Waals surface area contributed by atoms with Gasteiger partial charge >= 0.3 is 0 Å². The van der Waals surface area contributed by atoms with Gasteiger partial charge in [-0.25, -0.2) is 9.67 Å². The Kier molecular flexibility index (Phi) is 5.67. The summed E-state index contributed by atoms with van der Waals surface area (Å²) in [6, 6.07) is 16.7. The molecule has 0 bridgehead atoms. The van der Waals surface area contributed by atoms with Crippen LogP contribution < -0.4 is 0 Å². The van der Waals surface area contributed by atoms with Gasteiger partial charge in [0, 0.05) is 16.9 Å². The first-order valence-corrected chi connectivity index (χ1v) is 10.7. The van der Waals surface area contributed by atoms with Gasteiger partial charge in [0.25, 0.3) is 0 Å².